The van der Waals surface area contributed by atoms with E-state index in [1.165, 1.54) is 11.1 Å². The summed E-state index contributed by atoms with van der Waals surface area (Å²) in [5, 5.41) is 7.23. The molecule has 0 unspecified atom stereocenters. The monoisotopic (exact) mass is 413 g/mol. The third-order valence-corrected chi connectivity index (χ3v) is 5.91. The van der Waals surface area contributed by atoms with Gasteiger partial charge in [-0.15, -0.1) is 0 Å². The van der Waals surface area contributed by atoms with Gasteiger partial charge in [-0.05, 0) is 37.6 Å². The van der Waals surface area contributed by atoms with Crippen LogP contribution in [0.4, 0.5) is 0 Å². The van der Waals surface area contributed by atoms with E-state index < -0.39 is 0 Å². The molecule has 30 heavy (non-hydrogen) atoms. The smallest absolute Gasteiger partial charge is 0.291 e. The Morgan fingerprint density at radius 2 is 2.00 bits per heavy atom. The maximum absolute atomic E-state index is 12.6. The number of rotatable bonds is 8. The molecule has 1 fully saturated rings. The second-order valence-electron chi connectivity index (χ2n) is 8.74. The molecule has 0 aromatic carbocycles. The Morgan fingerprint density at radius 1 is 1.20 bits per heavy atom. The Bertz CT molecular complexity index is 1060. The summed E-state index contributed by atoms with van der Waals surface area (Å²) in [5.74, 6) is 1.55. The van der Waals surface area contributed by atoms with Crippen LogP contribution in [0.1, 0.15) is 39.5 Å². The standard InChI is InChI=1S/C22H31N5O3/c1-16-11-17(2)14-25(13-16)8-4-7-23-21(28)5-3-9-27-22(29)19-12-20-18(6-10-30-20)26(19)15-24-27/h6,10,12,15-17H,3-5,7-9,11,13-14H2,1-2H3,(H,23,28)/t16-,17-/m0/s1. The molecule has 2 atom stereocenters. The van der Waals surface area contributed by atoms with Crippen LogP contribution in [-0.4, -0.2) is 51.2 Å². The minimum atomic E-state index is -0.172. The third-order valence-electron chi connectivity index (χ3n) is 5.91. The molecule has 0 saturated carbocycles. The van der Waals surface area contributed by atoms with Gasteiger partial charge in [-0.3, -0.25) is 14.0 Å². The maximum atomic E-state index is 12.6. The summed E-state index contributed by atoms with van der Waals surface area (Å²) in [5.41, 5.74) is 1.86. The Morgan fingerprint density at radius 3 is 2.80 bits per heavy atom. The van der Waals surface area contributed by atoms with Gasteiger partial charge < -0.3 is 14.6 Å². The molecule has 1 aliphatic heterocycles. The maximum Gasteiger partial charge on any atom is 0.291 e. The molecule has 1 aliphatic rings. The number of aromatic nitrogens is 3. The van der Waals surface area contributed by atoms with E-state index >= 15 is 0 Å². The summed E-state index contributed by atoms with van der Waals surface area (Å²) >= 11 is 0. The molecular formula is C22H31N5O3. The van der Waals surface area contributed by atoms with E-state index in [0.717, 1.165) is 43.4 Å². The number of hydrogen-bond donors (Lipinski definition) is 1. The zero-order valence-electron chi connectivity index (χ0n) is 17.8. The lowest BCUT2D eigenvalue weighted by Gasteiger charge is -2.34. The fourth-order valence-corrected chi connectivity index (χ4v) is 4.67. The molecule has 4 rings (SSSR count). The molecule has 0 bridgehead atoms. The van der Waals surface area contributed by atoms with Crippen LogP contribution in [0.3, 0.4) is 0 Å². The van der Waals surface area contributed by atoms with Crippen LogP contribution in [-0.2, 0) is 11.3 Å². The van der Waals surface area contributed by atoms with Crippen LogP contribution in [0, 0.1) is 11.8 Å². The van der Waals surface area contributed by atoms with Crippen LogP contribution in [0.2, 0.25) is 0 Å². The van der Waals surface area contributed by atoms with Gasteiger partial charge in [-0.2, -0.15) is 5.10 Å². The van der Waals surface area contributed by atoms with Crippen LogP contribution in [0.25, 0.3) is 16.6 Å². The average Bonchev–Trinajstić information content (AvgIpc) is 3.28. The first-order valence-corrected chi connectivity index (χ1v) is 10.9. The summed E-state index contributed by atoms with van der Waals surface area (Å²) in [6.07, 6.45) is 6.47. The van der Waals surface area contributed by atoms with Crippen LogP contribution < -0.4 is 10.9 Å². The number of nitrogens with one attached hydrogen (secondary N) is 1. The molecule has 0 aliphatic carbocycles. The van der Waals surface area contributed by atoms with Crippen LogP contribution in [0.5, 0.6) is 0 Å². The third kappa shape index (κ3) is 4.59. The number of nitrogens with zero attached hydrogens (tertiary/aromatic N) is 4. The molecule has 3 aromatic heterocycles. The second kappa shape index (κ2) is 9.04. The Kier molecular flexibility index (Phi) is 6.22. The number of carbonyl (C=O) groups is 1. The first-order valence-electron chi connectivity index (χ1n) is 10.9. The van der Waals surface area contributed by atoms with Gasteiger partial charge in [0.2, 0.25) is 5.91 Å². The van der Waals surface area contributed by atoms with Crippen molar-refractivity contribution in [1.29, 1.82) is 0 Å². The molecule has 8 heteroatoms. The van der Waals surface area contributed by atoms with Crippen molar-refractivity contribution in [3.63, 3.8) is 0 Å². The molecular weight excluding hydrogens is 382 g/mol. The lowest BCUT2D eigenvalue weighted by Crippen LogP contribution is -2.40. The summed E-state index contributed by atoms with van der Waals surface area (Å²) < 4.78 is 8.50. The van der Waals surface area contributed by atoms with E-state index in [2.05, 4.69) is 29.2 Å². The van der Waals surface area contributed by atoms with Gasteiger partial charge in [0.25, 0.3) is 5.56 Å². The number of amides is 1. The fraction of sp³-hybridized carbons (Fsp3) is 0.591. The number of piperidine rings is 1. The van der Waals surface area contributed by atoms with Gasteiger partial charge in [0.05, 0.1) is 11.8 Å². The predicted octanol–water partition coefficient (Wildman–Crippen LogP) is 2.51. The molecule has 162 valence electrons. The van der Waals surface area contributed by atoms with Gasteiger partial charge in [0.15, 0.2) is 5.58 Å². The van der Waals surface area contributed by atoms with E-state index in [0.29, 0.717) is 37.0 Å². The van der Waals surface area contributed by atoms with Crippen molar-refractivity contribution < 1.29 is 9.21 Å². The molecule has 1 amide bonds. The minimum Gasteiger partial charge on any atom is -0.463 e. The number of carbonyl (C=O) groups excluding carboxylic acids is 1. The van der Waals surface area contributed by atoms with E-state index in [4.69, 9.17) is 4.42 Å². The second-order valence-corrected chi connectivity index (χ2v) is 8.74. The van der Waals surface area contributed by atoms with E-state index in [-0.39, 0.29) is 11.5 Å². The number of fused-ring (bicyclic) bond motifs is 3. The number of hydrogen-bond acceptors (Lipinski definition) is 5. The van der Waals surface area contributed by atoms with Crippen molar-refractivity contribution in [1.82, 2.24) is 24.4 Å². The summed E-state index contributed by atoms with van der Waals surface area (Å²) in [6, 6.07) is 3.54. The highest BCUT2D eigenvalue weighted by Crippen LogP contribution is 2.21. The van der Waals surface area contributed by atoms with Crippen LogP contribution in [0.15, 0.2) is 33.9 Å². The molecule has 0 spiro atoms. The van der Waals surface area contributed by atoms with Crippen LogP contribution >= 0.6 is 0 Å². The number of likely N-dealkylation sites (tertiary alicyclic amines) is 1. The van der Waals surface area contributed by atoms with Crippen molar-refractivity contribution >= 4 is 22.5 Å². The van der Waals surface area contributed by atoms with Gasteiger partial charge in [0.1, 0.15) is 11.8 Å². The lowest BCUT2D eigenvalue weighted by atomic mass is 9.92. The highest BCUT2D eigenvalue weighted by Gasteiger charge is 2.21. The zero-order valence-corrected chi connectivity index (χ0v) is 17.8. The molecule has 3 aromatic rings. The molecule has 1 saturated heterocycles. The Balaban J connectivity index is 1.19. The normalized spacial score (nSPS) is 20.2. The molecule has 0 radical (unpaired) electrons. The first-order chi connectivity index (χ1) is 14.5. The zero-order chi connectivity index (χ0) is 21.1. The van der Waals surface area contributed by atoms with Gasteiger partial charge >= 0.3 is 0 Å². The van der Waals surface area contributed by atoms with Crippen molar-refractivity contribution in [2.75, 3.05) is 26.2 Å². The van der Waals surface area contributed by atoms with Crippen molar-refractivity contribution in [3.05, 3.63) is 35.1 Å². The predicted molar refractivity (Wildman–Crippen MR) is 115 cm³/mol. The fourth-order valence-electron chi connectivity index (χ4n) is 4.67. The summed E-state index contributed by atoms with van der Waals surface area (Å²) in [6.45, 7) is 9.11. The number of aryl methyl sites for hydroxylation is 1. The highest BCUT2D eigenvalue weighted by molar-refractivity contribution is 5.81. The highest BCUT2D eigenvalue weighted by atomic mass is 16.3. The van der Waals surface area contributed by atoms with E-state index in [1.54, 1.807) is 23.1 Å². The average molecular weight is 414 g/mol. The molecule has 8 nitrogen and oxygen atoms in total. The van der Waals surface area contributed by atoms with E-state index in [9.17, 15) is 9.59 Å². The van der Waals surface area contributed by atoms with Gasteiger partial charge in [-0.1, -0.05) is 13.8 Å². The van der Waals surface area contributed by atoms with Crippen molar-refractivity contribution in [2.45, 2.75) is 46.1 Å². The van der Waals surface area contributed by atoms with Crippen molar-refractivity contribution in [2.24, 2.45) is 11.8 Å². The minimum absolute atomic E-state index is 0.0321. The van der Waals surface area contributed by atoms with Gasteiger partial charge in [-0.25, -0.2) is 4.68 Å². The Hall–Kier alpha value is -2.61. The SMILES string of the molecule is C[C@H]1C[C@H](C)CN(CCCNC(=O)CCCn2ncn3c(cc4occc43)c2=O)C1. The first kappa shape index (κ1) is 20.7. The van der Waals surface area contributed by atoms with Crippen molar-refractivity contribution in [3.8, 4) is 0 Å². The largest absolute Gasteiger partial charge is 0.463 e. The number of furan rings is 1. The summed E-state index contributed by atoms with van der Waals surface area (Å²) in [4.78, 5) is 27.2. The Labute approximate surface area is 175 Å². The lowest BCUT2D eigenvalue weighted by molar-refractivity contribution is -0.121. The topological polar surface area (TPSA) is 84.8 Å². The van der Waals surface area contributed by atoms with E-state index in [1.807, 2.05) is 6.07 Å². The van der Waals surface area contributed by atoms with Gasteiger partial charge in [0, 0.05) is 44.7 Å². The molecule has 1 N–H and O–H groups in total. The summed E-state index contributed by atoms with van der Waals surface area (Å²) in [7, 11) is 0. The molecule has 4 heterocycles. The quantitative estimate of drug-likeness (QED) is 0.574.